The molecule has 2 aromatic rings. The van der Waals surface area contributed by atoms with Crippen molar-refractivity contribution >= 4 is 33.3 Å². The molecule has 8 heteroatoms. The second-order valence-electron chi connectivity index (χ2n) is 7.68. The first-order valence-electron chi connectivity index (χ1n) is 10.1. The van der Waals surface area contributed by atoms with Crippen LogP contribution in [0.4, 0.5) is 5.82 Å². The van der Waals surface area contributed by atoms with E-state index in [0.717, 1.165) is 79.7 Å². The van der Waals surface area contributed by atoms with Gasteiger partial charge < -0.3 is 14.5 Å². The molecule has 2 aliphatic heterocycles. The van der Waals surface area contributed by atoms with Crippen molar-refractivity contribution in [2.45, 2.75) is 33.2 Å². The molecule has 2 aromatic heterocycles. The highest BCUT2D eigenvalue weighted by Crippen LogP contribution is 2.37. The Hall–Kier alpha value is -1.77. The average molecular weight is 404 g/mol. The highest BCUT2D eigenvalue weighted by atomic mass is 32.1. The predicted molar refractivity (Wildman–Crippen MR) is 113 cm³/mol. The number of esters is 1. The number of fused-ring (bicyclic) bond motifs is 1. The normalized spacial score (nSPS) is 21.6. The Labute approximate surface area is 170 Å². The Bertz CT molecular complexity index is 875. The van der Waals surface area contributed by atoms with Crippen molar-refractivity contribution in [2.24, 2.45) is 0 Å². The number of thiophene rings is 1. The highest BCUT2D eigenvalue weighted by molar-refractivity contribution is 7.20. The van der Waals surface area contributed by atoms with E-state index < -0.39 is 0 Å². The van der Waals surface area contributed by atoms with Gasteiger partial charge in [0.2, 0.25) is 0 Å². The lowest BCUT2D eigenvalue weighted by atomic mass is 10.2. The second kappa shape index (κ2) is 7.93. The predicted octanol–water partition coefficient (Wildman–Crippen LogP) is 2.31. The van der Waals surface area contributed by atoms with Crippen LogP contribution in [0.5, 0.6) is 0 Å². The zero-order valence-electron chi connectivity index (χ0n) is 17.2. The number of carbonyl (C=O) groups excluding carboxylic acids is 1. The lowest BCUT2D eigenvalue weighted by Crippen LogP contribution is -2.50. The zero-order chi connectivity index (χ0) is 19.8. The van der Waals surface area contributed by atoms with E-state index >= 15 is 0 Å². The number of methoxy groups -OCH3 is 1. The summed E-state index contributed by atoms with van der Waals surface area (Å²) in [4.78, 5) is 30.6. The van der Waals surface area contributed by atoms with Crippen LogP contribution in [0.25, 0.3) is 10.2 Å². The van der Waals surface area contributed by atoms with Crippen LogP contribution in [0.15, 0.2) is 0 Å². The van der Waals surface area contributed by atoms with Gasteiger partial charge in [-0.2, -0.15) is 0 Å². The molecular weight excluding hydrogens is 374 g/mol. The molecule has 0 amide bonds. The van der Waals surface area contributed by atoms with Crippen molar-refractivity contribution in [3.05, 3.63) is 16.3 Å². The molecule has 0 aliphatic carbocycles. The summed E-state index contributed by atoms with van der Waals surface area (Å²) in [6.45, 7) is 13.9. The van der Waals surface area contributed by atoms with Crippen LogP contribution in [0, 0.1) is 13.8 Å². The number of nitrogens with zero attached hydrogens (tertiary/aromatic N) is 5. The monoisotopic (exact) mass is 403 g/mol. The molecule has 2 fully saturated rings. The molecule has 7 nitrogen and oxygen atoms in total. The minimum absolute atomic E-state index is 0.294. The van der Waals surface area contributed by atoms with E-state index in [9.17, 15) is 4.79 Å². The highest BCUT2D eigenvalue weighted by Gasteiger charge is 2.32. The van der Waals surface area contributed by atoms with E-state index in [4.69, 9.17) is 9.72 Å². The smallest absolute Gasteiger partial charge is 0.348 e. The van der Waals surface area contributed by atoms with E-state index in [-0.39, 0.29) is 5.97 Å². The van der Waals surface area contributed by atoms with Crippen LogP contribution in [-0.2, 0) is 4.74 Å². The number of hydrogen-bond acceptors (Lipinski definition) is 8. The zero-order valence-corrected chi connectivity index (χ0v) is 18.0. The van der Waals surface area contributed by atoms with Gasteiger partial charge in [-0.15, -0.1) is 11.3 Å². The first-order valence-corrected chi connectivity index (χ1v) is 10.9. The molecule has 4 heterocycles. The number of likely N-dealkylation sites (N-methyl/N-ethyl adjacent to an activating group) is 1. The lowest BCUT2D eigenvalue weighted by Gasteiger charge is -2.37. The van der Waals surface area contributed by atoms with Gasteiger partial charge in [-0.25, -0.2) is 14.8 Å². The summed E-state index contributed by atoms with van der Waals surface area (Å²) in [5.74, 6) is 1.43. The number of aryl methyl sites for hydroxylation is 2. The van der Waals surface area contributed by atoms with Crippen LogP contribution >= 0.6 is 11.3 Å². The molecule has 0 aromatic carbocycles. The molecule has 1 atom stereocenters. The molecule has 28 heavy (non-hydrogen) atoms. The molecule has 4 rings (SSSR count). The van der Waals surface area contributed by atoms with E-state index in [1.807, 2.05) is 13.8 Å². The van der Waals surface area contributed by atoms with Gasteiger partial charge in [0.25, 0.3) is 0 Å². The van der Waals surface area contributed by atoms with E-state index in [1.165, 1.54) is 18.4 Å². The Morgan fingerprint density at radius 2 is 1.93 bits per heavy atom. The fraction of sp³-hybridized carbons (Fsp3) is 0.650. The molecule has 2 saturated heterocycles. The van der Waals surface area contributed by atoms with Crippen LogP contribution in [0.2, 0.25) is 0 Å². The molecule has 2 aliphatic rings. The van der Waals surface area contributed by atoms with Crippen molar-refractivity contribution in [3.8, 4) is 0 Å². The van der Waals surface area contributed by atoms with E-state index in [0.29, 0.717) is 10.9 Å². The number of ether oxygens (including phenoxy) is 1. The summed E-state index contributed by atoms with van der Waals surface area (Å²) in [5, 5.41) is 1.01. The van der Waals surface area contributed by atoms with E-state index in [1.54, 1.807) is 0 Å². The van der Waals surface area contributed by atoms with Gasteiger partial charge >= 0.3 is 5.97 Å². The largest absolute Gasteiger partial charge is 0.465 e. The topological polar surface area (TPSA) is 61.8 Å². The number of anilines is 1. The number of carbonyl (C=O) groups is 1. The Morgan fingerprint density at radius 1 is 1.18 bits per heavy atom. The third-order valence-electron chi connectivity index (χ3n) is 6.09. The van der Waals surface area contributed by atoms with Crippen molar-refractivity contribution in [2.75, 3.05) is 57.8 Å². The Balaban J connectivity index is 1.59. The lowest BCUT2D eigenvalue weighted by molar-refractivity contribution is 0.0605. The van der Waals surface area contributed by atoms with Gasteiger partial charge in [0.05, 0.1) is 12.5 Å². The van der Waals surface area contributed by atoms with Gasteiger partial charge in [0, 0.05) is 45.3 Å². The molecule has 0 N–H and O–H groups in total. The van der Waals surface area contributed by atoms with Gasteiger partial charge in [-0.05, 0) is 32.4 Å². The number of rotatable bonds is 4. The third kappa shape index (κ3) is 3.49. The SMILES string of the molecule is CCN1CCN(C2CCN(c3nc(C)nc4sc(C(=O)OC)c(C)c34)C2)CC1. The Morgan fingerprint density at radius 3 is 2.61 bits per heavy atom. The standard InChI is InChI=1S/C20H29N5O2S/c1-5-23-8-10-24(11-9-23)15-6-7-25(12-15)18-16-13(2)17(20(26)27-4)28-19(16)22-14(3)21-18/h15H,5-12H2,1-4H3. The van der Waals surface area contributed by atoms with Crippen molar-refractivity contribution < 1.29 is 9.53 Å². The fourth-order valence-electron chi connectivity index (χ4n) is 4.41. The summed E-state index contributed by atoms with van der Waals surface area (Å²) in [6, 6.07) is 0.573. The van der Waals surface area contributed by atoms with Crippen molar-refractivity contribution in [3.63, 3.8) is 0 Å². The van der Waals surface area contributed by atoms with Crippen molar-refractivity contribution in [1.29, 1.82) is 0 Å². The second-order valence-corrected chi connectivity index (χ2v) is 8.68. The summed E-state index contributed by atoms with van der Waals surface area (Å²) in [6.07, 6.45) is 1.16. The number of aromatic nitrogens is 2. The third-order valence-corrected chi connectivity index (χ3v) is 7.25. The minimum Gasteiger partial charge on any atom is -0.465 e. The molecular formula is C20H29N5O2S. The summed E-state index contributed by atoms with van der Waals surface area (Å²) < 4.78 is 4.96. The quantitative estimate of drug-likeness (QED) is 0.726. The molecule has 0 radical (unpaired) electrons. The molecule has 152 valence electrons. The summed E-state index contributed by atoms with van der Waals surface area (Å²) in [5.41, 5.74) is 0.932. The Kier molecular flexibility index (Phi) is 5.53. The van der Waals surface area contributed by atoms with Gasteiger partial charge in [0.15, 0.2) is 0 Å². The first kappa shape index (κ1) is 19.5. The molecule has 0 spiro atoms. The van der Waals surface area contributed by atoms with Gasteiger partial charge in [-0.3, -0.25) is 4.90 Å². The van der Waals surface area contributed by atoms with Crippen LogP contribution < -0.4 is 4.90 Å². The number of piperazine rings is 1. The van der Waals surface area contributed by atoms with E-state index in [2.05, 4.69) is 26.6 Å². The average Bonchev–Trinajstić information content (AvgIpc) is 3.32. The first-order chi connectivity index (χ1) is 13.5. The maximum Gasteiger partial charge on any atom is 0.348 e. The summed E-state index contributed by atoms with van der Waals surface area (Å²) >= 11 is 1.41. The fourth-order valence-corrected chi connectivity index (χ4v) is 5.55. The molecule has 1 unspecified atom stereocenters. The van der Waals surface area contributed by atoms with Crippen LogP contribution in [0.1, 0.15) is 34.4 Å². The number of hydrogen-bond donors (Lipinski definition) is 0. The van der Waals surface area contributed by atoms with Gasteiger partial charge in [0.1, 0.15) is 21.3 Å². The molecule has 0 saturated carbocycles. The maximum atomic E-state index is 12.1. The van der Waals surface area contributed by atoms with Crippen LogP contribution in [-0.4, -0.2) is 84.7 Å². The maximum absolute atomic E-state index is 12.1. The van der Waals surface area contributed by atoms with Crippen LogP contribution in [0.3, 0.4) is 0 Å². The van der Waals surface area contributed by atoms with Gasteiger partial charge in [-0.1, -0.05) is 6.92 Å². The van der Waals surface area contributed by atoms with Crippen molar-refractivity contribution in [1.82, 2.24) is 19.8 Å². The summed E-state index contributed by atoms with van der Waals surface area (Å²) in [7, 11) is 1.42. The minimum atomic E-state index is -0.294. The molecule has 0 bridgehead atoms.